The maximum atomic E-state index is 13.8. The first kappa shape index (κ1) is 19.9. The lowest BCUT2D eigenvalue weighted by molar-refractivity contribution is -0.151. The minimum Gasteiger partial charge on any atom is -0.465 e. The molecule has 0 amide bonds. The van der Waals surface area contributed by atoms with Crippen LogP contribution in [0.4, 0.5) is 4.39 Å². The van der Waals surface area contributed by atoms with E-state index >= 15 is 0 Å². The Balaban J connectivity index is 2.17. The molecule has 0 bridgehead atoms. The van der Waals surface area contributed by atoms with Crippen molar-refractivity contribution in [2.45, 2.75) is 24.8 Å². The molecule has 26 heavy (non-hydrogen) atoms. The molecule has 3 atom stereocenters. The SMILES string of the molecule is C=C1CC(OC(=O)C(Cl)c2ccccc2F)C(=C)C(C(=O)OCC)C1=C. The first-order chi connectivity index (χ1) is 12.3. The third-order valence-electron chi connectivity index (χ3n) is 4.18. The largest absolute Gasteiger partial charge is 0.465 e. The van der Waals surface area contributed by atoms with Crippen LogP contribution in [-0.4, -0.2) is 24.6 Å². The molecule has 138 valence electrons. The van der Waals surface area contributed by atoms with Gasteiger partial charge in [-0.05, 0) is 29.7 Å². The Labute approximate surface area is 156 Å². The smallest absolute Gasteiger partial charge is 0.329 e. The Hall–Kier alpha value is -2.40. The molecule has 1 aliphatic rings. The molecular formula is C20H20ClFO4. The average Bonchev–Trinajstić information content (AvgIpc) is 2.60. The van der Waals surface area contributed by atoms with Gasteiger partial charge < -0.3 is 9.47 Å². The molecule has 0 N–H and O–H groups in total. The van der Waals surface area contributed by atoms with E-state index in [1.165, 1.54) is 18.2 Å². The molecule has 1 saturated carbocycles. The van der Waals surface area contributed by atoms with Crippen LogP contribution in [0, 0.1) is 11.7 Å². The van der Waals surface area contributed by atoms with Crippen molar-refractivity contribution in [3.8, 4) is 0 Å². The Bertz CT molecular complexity index is 771. The highest BCUT2D eigenvalue weighted by Crippen LogP contribution is 2.38. The summed E-state index contributed by atoms with van der Waals surface area (Å²) in [5.41, 5.74) is 1.40. The van der Waals surface area contributed by atoms with Crippen LogP contribution in [0.15, 0.2) is 60.7 Å². The van der Waals surface area contributed by atoms with Crippen molar-refractivity contribution in [2.24, 2.45) is 5.92 Å². The zero-order valence-electron chi connectivity index (χ0n) is 14.5. The van der Waals surface area contributed by atoms with Gasteiger partial charge in [0.1, 0.15) is 17.8 Å². The molecule has 0 spiro atoms. The van der Waals surface area contributed by atoms with Gasteiger partial charge in [0.05, 0.1) is 6.61 Å². The number of benzene rings is 1. The summed E-state index contributed by atoms with van der Waals surface area (Å²) in [7, 11) is 0. The standard InChI is InChI=1S/C20H20ClFO4/c1-5-25-19(23)17-12(3)11(2)10-16(13(17)4)26-20(24)18(21)14-8-6-7-9-15(14)22/h6-9,16-18H,2-5,10H2,1H3. The van der Waals surface area contributed by atoms with E-state index in [1.54, 1.807) is 13.0 Å². The summed E-state index contributed by atoms with van der Waals surface area (Å²) in [6, 6.07) is 5.69. The average molecular weight is 379 g/mol. The highest BCUT2D eigenvalue weighted by Gasteiger charge is 2.39. The first-order valence-corrected chi connectivity index (χ1v) is 8.52. The summed E-state index contributed by atoms with van der Waals surface area (Å²) in [5.74, 6) is -2.79. The number of hydrogen-bond acceptors (Lipinski definition) is 4. The van der Waals surface area contributed by atoms with Crippen molar-refractivity contribution in [2.75, 3.05) is 6.61 Å². The molecule has 1 aromatic carbocycles. The van der Waals surface area contributed by atoms with Crippen LogP contribution in [0.25, 0.3) is 0 Å². The van der Waals surface area contributed by atoms with Gasteiger partial charge in [0, 0.05) is 12.0 Å². The van der Waals surface area contributed by atoms with Crippen LogP contribution in [0.5, 0.6) is 0 Å². The molecule has 0 aromatic heterocycles. The van der Waals surface area contributed by atoms with Crippen LogP contribution in [0.3, 0.4) is 0 Å². The molecule has 0 radical (unpaired) electrons. The van der Waals surface area contributed by atoms with Crippen LogP contribution < -0.4 is 0 Å². The summed E-state index contributed by atoms with van der Waals surface area (Å²) in [6.45, 7) is 13.5. The van der Waals surface area contributed by atoms with Gasteiger partial charge in [0.25, 0.3) is 0 Å². The maximum Gasteiger partial charge on any atom is 0.329 e. The topological polar surface area (TPSA) is 52.6 Å². The lowest BCUT2D eigenvalue weighted by atomic mass is 9.77. The van der Waals surface area contributed by atoms with Gasteiger partial charge in [-0.2, -0.15) is 0 Å². The molecule has 2 rings (SSSR count). The van der Waals surface area contributed by atoms with Crippen molar-refractivity contribution in [3.05, 3.63) is 72.1 Å². The minimum atomic E-state index is -1.32. The fourth-order valence-electron chi connectivity index (χ4n) is 2.74. The van der Waals surface area contributed by atoms with Crippen LogP contribution >= 0.6 is 11.6 Å². The molecule has 0 aliphatic heterocycles. The maximum absolute atomic E-state index is 13.8. The van der Waals surface area contributed by atoms with Gasteiger partial charge in [-0.3, -0.25) is 9.59 Å². The lowest BCUT2D eigenvalue weighted by Gasteiger charge is -2.33. The monoisotopic (exact) mass is 378 g/mol. The number of alkyl halides is 1. The van der Waals surface area contributed by atoms with Gasteiger partial charge in [-0.1, -0.05) is 37.9 Å². The highest BCUT2D eigenvalue weighted by atomic mass is 35.5. The van der Waals surface area contributed by atoms with Gasteiger partial charge in [-0.15, -0.1) is 11.6 Å². The zero-order chi connectivity index (χ0) is 19.4. The van der Waals surface area contributed by atoms with Gasteiger partial charge in [-0.25, -0.2) is 4.39 Å². The molecule has 0 saturated heterocycles. The van der Waals surface area contributed by atoms with E-state index in [4.69, 9.17) is 21.1 Å². The Morgan fingerprint density at radius 2 is 1.96 bits per heavy atom. The Morgan fingerprint density at radius 1 is 1.31 bits per heavy atom. The highest BCUT2D eigenvalue weighted by molar-refractivity contribution is 6.30. The van der Waals surface area contributed by atoms with Crippen molar-refractivity contribution >= 4 is 23.5 Å². The van der Waals surface area contributed by atoms with Crippen molar-refractivity contribution in [1.29, 1.82) is 0 Å². The number of rotatable bonds is 5. The zero-order valence-corrected chi connectivity index (χ0v) is 15.2. The van der Waals surface area contributed by atoms with Crippen molar-refractivity contribution in [3.63, 3.8) is 0 Å². The second-order valence-corrected chi connectivity index (χ2v) is 6.34. The fourth-order valence-corrected chi connectivity index (χ4v) is 2.97. The predicted molar refractivity (Wildman–Crippen MR) is 97.0 cm³/mol. The summed E-state index contributed by atoms with van der Waals surface area (Å²) < 4.78 is 24.3. The molecule has 1 fully saturated rings. The molecule has 6 heteroatoms. The van der Waals surface area contributed by atoms with E-state index in [2.05, 4.69) is 19.7 Å². The second kappa shape index (κ2) is 8.32. The van der Waals surface area contributed by atoms with Crippen LogP contribution in [0.2, 0.25) is 0 Å². The third-order valence-corrected chi connectivity index (χ3v) is 4.60. The quantitative estimate of drug-likeness (QED) is 0.436. The van der Waals surface area contributed by atoms with Crippen LogP contribution in [0.1, 0.15) is 24.3 Å². The second-order valence-electron chi connectivity index (χ2n) is 5.90. The number of hydrogen-bond donors (Lipinski definition) is 0. The van der Waals surface area contributed by atoms with Crippen molar-refractivity contribution in [1.82, 2.24) is 0 Å². The van der Waals surface area contributed by atoms with E-state index in [9.17, 15) is 14.0 Å². The molecule has 3 unspecified atom stereocenters. The van der Waals surface area contributed by atoms with Gasteiger partial charge >= 0.3 is 11.9 Å². The van der Waals surface area contributed by atoms with Crippen LogP contribution in [-0.2, 0) is 19.1 Å². The number of ether oxygens (including phenoxy) is 2. The van der Waals surface area contributed by atoms with E-state index in [0.717, 1.165) is 0 Å². The molecule has 4 nitrogen and oxygen atoms in total. The van der Waals surface area contributed by atoms with Crippen molar-refractivity contribution < 1.29 is 23.5 Å². The Morgan fingerprint density at radius 3 is 2.58 bits per heavy atom. The number of carbonyl (C=O) groups is 2. The summed E-state index contributed by atoms with van der Waals surface area (Å²) in [6.07, 6.45) is -0.580. The summed E-state index contributed by atoms with van der Waals surface area (Å²) in [5, 5.41) is -1.32. The van der Waals surface area contributed by atoms with E-state index in [-0.39, 0.29) is 18.6 Å². The normalized spacial score (nSPS) is 21.3. The lowest BCUT2D eigenvalue weighted by Crippen LogP contribution is -2.35. The van der Waals surface area contributed by atoms with Gasteiger partial charge in [0.15, 0.2) is 5.38 Å². The first-order valence-electron chi connectivity index (χ1n) is 8.09. The molecule has 1 aromatic rings. The van der Waals surface area contributed by atoms with E-state index in [0.29, 0.717) is 16.7 Å². The van der Waals surface area contributed by atoms with E-state index in [1.807, 2.05) is 0 Å². The molecular weight excluding hydrogens is 359 g/mol. The number of carbonyl (C=O) groups excluding carboxylic acids is 2. The van der Waals surface area contributed by atoms with E-state index < -0.39 is 35.2 Å². The predicted octanol–water partition coefficient (Wildman–Crippen LogP) is 4.27. The number of esters is 2. The van der Waals surface area contributed by atoms with Gasteiger partial charge in [0.2, 0.25) is 0 Å². The minimum absolute atomic E-state index is 0.0192. The Kier molecular flexibility index (Phi) is 6.37. The molecule has 0 heterocycles. The number of halogens is 2. The fraction of sp³-hybridized carbons (Fsp3) is 0.300. The third kappa shape index (κ3) is 4.05. The summed E-state index contributed by atoms with van der Waals surface area (Å²) in [4.78, 5) is 24.6. The summed E-state index contributed by atoms with van der Waals surface area (Å²) >= 11 is 6.07. The molecule has 1 aliphatic carbocycles.